The van der Waals surface area contributed by atoms with E-state index in [-0.39, 0.29) is 11.6 Å². The van der Waals surface area contributed by atoms with Gasteiger partial charge in [-0.3, -0.25) is 0 Å². The molecule has 0 aromatic heterocycles. The van der Waals surface area contributed by atoms with Gasteiger partial charge < -0.3 is 5.11 Å². The SMILES string of the molecule is Oc1cc2ccccc2cc1-c1ccccc1F. The number of aromatic hydroxyl groups is 1. The molecule has 0 aliphatic carbocycles. The van der Waals surface area contributed by atoms with Crippen LogP contribution in [0.15, 0.2) is 60.7 Å². The Morgan fingerprint density at radius 1 is 0.722 bits per heavy atom. The molecule has 88 valence electrons. The minimum Gasteiger partial charge on any atom is -0.507 e. The van der Waals surface area contributed by atoms with Gasteiger partial charge in [-0.15, -0.1) is 0 Å². The lowest BCUT2D eigenvalue weighted by atomic mass is 10.00. The molecule has 0 atom stereocenters. The van der Waals surface area contributed by atoms with Crippen LogP contribution < -0.4 is 0 Å². The van der Waals surface area contributed by atoms with Crippen molar-refractivity contribution in [3.8, 4) is 16.9 Å². The number of fused-ring (bicyclic) bond motifs is 1. The molecule has 18 heavy (non-hydrogen) atoms. The van der Waals surface area contributed by atoms with Crippen molar-refractivity contribution in [1.29, 1.82) is 0 Å². The van der Waals surface area contributed by atoms with Crippen LogP contribution in [0.1, 0.15) is 0 Å². The quantitative estimate of drug-likeness (QED) is 0.668. The number of phenols is 1. The van der Waals surface area contributed by atoms with Gasteiger partial charge in [0.25, 0.3) is 0 Å². The van der Waals surface area contributed by atoms with E-state index in [0.717, 1.165) is 10.8 Å². The molecule has 1 nitrogen and oxygen atoms in total. The molecule has 0 aliphatic heterocycles. The maximum atomic E-state index is 13.7. The van der Waals surface area contributed by atoms with Gasteiger partial charge in [0.1, 0.15) is 11.6 Å². The van der Waals surface area contributed by atoms with E-state index < -0.39 is 0 Å². The van der Waals surface area contributed by atoms with E-state index in [1.165, 1.54) is 6.07 Å². The molecular formula is C16H11FO. The molecule has 0 amide bonds. The van der Waals surface area contributed by atoms with Crippen LogP contribution >= 0.6 is 0 Å². The van der Waals surface area contributed by atoms with Crippen molar-refractivity contribution in [2.45, 2.75) is 0 Å². The van der Waals surface area contributed by atoms with Crippen molar-refractivity contribution >= 4 is 10.8 Å². The number of rotatable bonds is 1. The summed E-state index contributed by atoms with van der Waals surface area (Å²) in [5.74, 6) is -0.234. The summed E-state index contributed by atoms with van der Waals surface area (Å²) in [6.45, 7) is 0. The maximum absolute atomic E-state index is 13.7. The van der Waals surface area contributed by atoms with Crippen molar-refractivity contribution in [3.05, 3.63) is 66.5 Å². The highest BCUT2D eigenvalue weighted by Crippen LogP contribution is 2.34. The summed E-state index contributed by atoms with van der Waals surface area (Å²) in [6, 6.07) is 17.6. The van der Waals surface area contributed by atoms with E-state index in [0.29, 0.717) is 11.1 Å². The number of hydrogen-bond donors (Lipinski definition) is 1. The van der Waals surface area contributed by atoms with Crippen LogP contribution in [0.25, 0.3) is 21.9 Å². The molecule has 0 radical (unpaired) electrons. The highest BCUT2D eigenvalue weighted by atomic mass is 19.1. The zero-order valence-corrected chi connectivity index (χ0v) is 9.60. The minimum absolute atomic E-state index is 0.0961. The molecule has 0 aliphatic rings. The van der Waals surface area contributed by atoms with Crippen molar-refractivity contribution in [2.24, 2.45) is 0 Å². The molecule has 3 aromatic rings. The lowest BCUT2D eigenvalue weighted by Gasteiger charge is -2.08. The Hall–Kier alpha value is -2.35. The topological polar surface area (TPSA) is 20.2 Å². The first-order valence-electron chi connectivity index (χ1n) is 5.72. The largest absolute Gasteiger partial charge is 0.507 e. The third-order valence-corrected chi connectivity index (χ3v) is 3.03. The molecule has 0 unspecified atom stereocenters. The second kappa shape index (κ2) is 4.15. The van der Waals surface area contributed by atoms with Crippen LogP contribution in [0, 0.1) is 5.82 Å². The van der Waals surface area contributed by atoms with E-state index in [1.807, 2.05) is 30.3 Å². The zero-order valence-electron chi connectivity index (χ0n) is 9.60. The number of hydrogen-bond acceptors (Lipinski definition) is 1. The molecule has 0 fully saturated rings. The zero-order chi connectivity index (χ0) is 12.5. The van der Waals surface area contributed by atoms with E-state index in [9.17, 15) is 9.50 Å². The molecule has 2 heteroatoms. The van der Waals surface area contributed by atoms with Gasteiger partial charge in [-0.05, 0) is 29.0 Å². The van der Waals surface area contributed by atoms with Crippen molar-refractivity contribution in [2.75, 3.05) is 0 Å². The van der Waals surface area contributed by atoms with Crippen molar-refractivity contribution < 1.29 is 9.50 Å². The van der Waals surface area contributed by atoms with Gasteiger partial charge in [0.05, 0.1) is 0 Å². The lowest BCUT2D eigenvalue weighted by molar-refractivity contribution is 0.477. The van der Waals surface area contributed by atoms with Gasteiger partial charge >= 0.3 is 0 Å². The smallest absolute Gasteiger partial charge is 0.131 e. The van der Waals surface area contributed by atoms with Gasteiger partial charge in [-0.1, -0.05) is 42.5 Å². The Balaban J connectivity index is 2.30. The summed E-state index contributed by atoms with van der Waals surface area (Å²) in [7, 11) is 0. The molecule has 1 N–H and O–H groups in total. The summed E-state index contributed by atoms with van der Waals surface area (Å²) in [6.07, 6.45) is 0. The van der Waals surface area contributed by atoms with Crippen molar-refractivity contribution in [1.82, 2.24) is 0 Å². The van der Waals surface area contributed by atoms with E-state index in [1.54, 1.807) is 24.3 Å². The normalized spacial score (nSPS) is 10.7. The Labute approximate surface area is 104 Å². The minimum atomic E-state index is -0.330. The number of phenolic OH excluding ortho intramolecular Hbond substituents is 1. The van der Waals surface area contributed by atoms with Gasteiger partial charge in [0.15, 0.2) is 0 Å². The van der Waals surface area contributed by atoms with Crippen LogP contribution in [-0.4, -0.2) is 5.11 Å². The summed E-state index contributed by atoms with van der Waals surface area (Å²) in [5, 5.41) is 11.9. The van der Waals surface area contributed by atoms with Crippen LogP contribution in [0.4, 0.5) is 4.39 Å². The van der Waals surface area contributed by atoms with Crippen molar-refractivity contribution in [3.63, 3.8) is 0 Å². The molecular weight excluding hydrogens is 227 g/mol. The highest BCUT2D eigenvalue weighted by Gasteiger charge is 2.09. The van der Waals surface area contributed by atoms with Gasteiger partial charge in [0.2, 0.25) is 0 Å². The highest BCUT2D eigenvalue weighted by molar-refractivity contribution is 5.90. The first-order chi connectivity index (χ1) is 8.75. The molecule has 0 saturated carbocycles. The average Bonchev–Trinajstić information content (AvgIpc) is 2.39. The predicted octanol–water partition coefficient (Wildman–Crippen LogP) is 4.35. The predicted molar refractivity (Wildman–Crippen MR) is 71.0 cm³/mol. The second-order valence-electron chi connectivity index (χ2n) is 4.20. The van der Waals surface area contributed by atoms with Crippen LogP contribution in [0.5, 0.6) is 5.75 Å². The Kier molecular flexibility index (Phi) is 2.49. The van der Waals surface area contributed by atoms with Crippen LogP contribution in [-0.2, 0) is 0 Å². The van der Waals surface area contributed by atoms with Gasteiger partial charge in [0, 0.05) is 11.1 Å². The molecule has 3 aromatic carbocycles. The van der Waals surface area contributed by atoms with E-state index >= 15 is 0 Å². The van der Waals surface area contributed by atoms with Crippen LogP contribution in [0.2, 0.25) is 0 Å². The molecule has 0 bridgehead atoms. The molecule has 0 saturated heterocycles. The summed E-state index contributed by atoms with van der Waals surface area (Å²) < 4.78 is 13.7. The molecule has 0 heterocycles. The first kappa shape index (κ1) is 10.8. The summed E-state index contributed by atoms with van der Waals surface area (Å²) in [5.41, 5.74) is 0.938. The lowest BCUT2D eigenvalue weighted by Crippen LogP contribution is -1.85. The number of halogens is 1. The molecule has 3 rings (SSSR count). The van der Waals surface area contributed by atoms with Gasteiger partial charge in [-0.25, -0.2) is 4.39 Å². The maximum Gasteiger partial charge on any atom is 0.131 e. The summed E-state index contributed by atoms with van der Waals surface area (Å²) >= 11 is 0. The Bertz CT molecular complexity index is 719. The fourth-order valence-electron chi connectivity index (χ4n) is 2.12. The molecule has 0 spiro atoms. The summed E-state index contributed by atoms with van der Waals surface area (Å²) in [4.78, 5) is 0. The van der Waals surface area contributed by atoms with Gasteiger partial charge in [-0.2, -0.15) is 0 Å². The Morgan fingerprint density at radius 3 is 2.06 bits per heavy atom. The van der Waals surface area contributed by atoms with E-state index in [2.05, 4.69) is 0 Å². The van der Waals surface area contributed by atoms with E-state index in [4.69, 9.17) is 0 Å². The number of benzene rings is 3. The fraction of sp³-hybridized carbons (Fsp3) is 0. The van der Waals surface area contributed by atoms with Crippen LogP contribution in [0.3, 0.4) is 0 Å². The first-order valence-corrected chi connectivity index (χ1v) is 5.72. The standard InChI is InChI=1S/C16H11FO/c17-15-8-4-3-7-13(15)14-9-11-5-1-2-6-12(11)10-16(14)18/h1-10,18H. The second-order valence-corrected chi connectivity index (χ2v) is 4.20. The third-order valence-electron chi connectivity index (χ3n) is 3.03. The average molecular weight is 238 g/mol. The third kappa shape index (κ3) is 1.72. The fourth-order valence-corrected chi connectivity index (χ4v) is 2.12. The Morgan fingerprint density at radius 2 is 1.33 bits per heavy atom. The monoisotopic (exact) mass is 238 g/mol.